The molecule has 0 atom stereocenters. The number of pyridine rings is 1. The summed E-state index contributed by atoms with van der Waals surface area (Å²) in [5, 5.41) is 0. The van der Waals surface area contributed by atoms with E-state index in [1.807, 2.05) is 6.92 Å². The van der Waals surface area contributed by atoms with Crippen LogP contribution in [0, 0.1) is 0 Å². The SMILES string of the molecule is CCc1cccnc1OC(F)F. The first-order valence-electron chi connectivity index (χ1n) is 3.62. The van der Waals surface area contributed by atoms with Gasteiger partial charge in [-0.3, -0.25) is 0 Å². The molecule has 0 aromatic carbocycles. The molecule has 2 nitrogen and oxygen atoms in total. The van der Waals surface area contributed by atoms with Crippen LogP contribution in [0.25, 0.3) is 0 Å². The van der Waals surface area contributed by atoms with Crippen LogP contribution in [0.3, 0.4) is 0 Å². The molecule has 1 rings (SSSR count). The van der Waals surface area contributed by atoms with E-state index in [1.165, 1.54) is 6.20 Å². The molecule has 0 amide bonds. The lowest BCUT2D eigenvalue weighted by atomic mass is 10.2. The molecule has 0 aliphatic heterocycles. The van der Waals surface area contributed by atoms with E-state index in [4.69, 9.17) is 0 Å². The minimum Gasteiger partial charge on any atom is -0.417 e. The molecule has 0 N–H and O–H groups in total. The molecule has 0 radical (unpaired) electrons. The molecular weight excluding hydrogens is 164 g/mol. The van der Waals surface area contributed by atoms with E-state index >= 15 is 0 Å². The smallest absolute Gasteiger partial charge is 0.388 e. The molecule has 1 aromatic rings. The fraction of sp³-hybridized carbons (Fsp3) is 0.375. The lowest BCUT2D eigenvalue weighted by molar-refractivity contribution is -0.0534. The van der Waals surface area contributed by atoms with Crippen molar-refractivity contribution in [3.63, 3.8) is 0 Å². The standard InChI is InChI=1S/C8H9F2NO/c1-2-6-4-3-5-11-7(6)12-8(9)10/h3-5,8H,2H2,1H3. The summed E-state index contributed by atoms with van der Waals surface area (Å²) in [5.41, 5.74) is 0.692. The number of aryl methyl sites for hydroxylation is 1. The van der Waals surface area contributed by atoms with E-state index in [1.54, 1.807) is 12.1 Å². The lowest BCUT2D eigenvalue weighted by Gasteiger charge is -2.06. The van der Waals surface area contributed by atoms with Crippen molar-refractivity contribution in [3.05, 3.63) is 23.9 Å². The van der Waals surface area contributed by atoms with Crippen LogP contribution >= 0.6 is 0 Å². The van der Waals surface area contributed by atoms with Gasteiger partial charge in [0.1, 0.15) is 0 Å². The highest BCUT2D eigenvalue weighted by Crippen LogP contribution is 2.16. The molecule has 4 heteroatoms. The number of halogens is 2. The van der Waals surface area contributed by atoms with Crippen LogP contribution in [0.4, 0.5) is 8.78 Å². The number of nitrogens with zero attached hydrogens (tertiary/aromatic N) is 1. The van der Waals surface area contributed by atoms with Gasteiger partial charge >= 0.3 is 6.61 Å². The van der Waals surface area contributed by atoms with Gasteiger partial charge < -0.3 is 4.74 Å². The third-order valence-electron chi connectivity index (χ3n) is 1.43. The maximum absolute atomic E-state index is 11.8. The van der Waals surface area contributed by atoms with Crippen LogP contribution in [0.1, 0.15) is 12.5 Å². The van der Waals surface area contributed by atoms with Crippen LogP contribution in [-0.2, 0) is 6.42 Å². The summed E-state index contributed by atoms with van der Waals surface area (Å²) in [6.07, 6.45) is 2.06. The summed E-state index contributed by atoms with van der Waals surface area (Å²) in [6, 6.07) is 3.40. The average Bonchev–Trinajstić information content (AvgIpc) is 2.04. The van der Waals surface area contributed by atoms with Crippen molar-refractivity contribution in [1.82, 2.24) is 4.98 Å². The monoisotopic (exact) mass is 173 g/mol. The van der Waals surface area contributed by atoms with Gasteiger partial charge in [-0.25, -0.2) is 4.98 Å². The molecular formula is C8H9F2NO. The summed E-state index contributed by atoms with van der Waals surface area (Å²) in [5.74, 6) is 0.0231. The number of ether oxygens (including phenoxy) is 1. The quantitative estimate of drug-likeness (QED) is 0.699. The molecule has 0 saturated carbocycles. The average molecular weight is 173 g/mol. The second-order valence-corrected chi connectivity index (χ2v) is 2.20. The molecule has 12 heavy (non-hydrogen) atoms. The van der Waals surface area contributed by atoms with Crippen molar-refractivity contribution in [1.29, 1.82) is 0 Å². The molecule has 0 bridgehead atoms. The van der Waals surface area contributed by atoms with Gasteiger partial charge in [0.25, 0.3) is 0 Å². The van der Waals surface area contributed by atoms with E-state index in [9.17, 15) is 8.78 Å². The zero-order chi connectivity index (χ0) is 8.97. The van der Waals surface area contributed by atoms with Crippen LogP contribution < -0.4 is 4.74 Å². The number of aromatic nitrogens is 1. The summed E-state index contributed by atoms with van der Waals surface area (Å²) >= 11 is 0. The maximum Gasteiger partial charge on any atom is 0.388 e. The third kappa shape index (κ3) is 2.15. The fourth-order valence-corrected chi connectivity index (χ4v) is 0.884. The largest absolute Gasteiger partial charge is 0.417 e. The molecule has 0 aliphatic rings. The maximum atomic E-state index is 11.8. The Balaban J connectivity index is 2.82. The van der Waals surface area contributed by atoms with Crippen molar-refractivity contribution < 1.29 is 13.5 Å². The first-order chi connectivity index (χ1) is 5.74. The Bertz CT molecular complexity index is 253. The zero-order valence-corrected chi connectivity index (χ0v) is 6.63. The zero-order valence-electron chi connectivity index (χ0n) is 6.63. The molecule has 1 heterocycles. The topological polar surface area (TPSA) is 22.1 Å². The molecule has 0 unspecified atom stereocenters. The Hall–Kier alpha value is -1.19. The van der Waals surface area contributed by atoms with Gasteiger partial charge in [0.2, 0.25) is 5.88 Å². The van der Waals surface area contributed by atoms with Crippen molar-refractivity contribution in [2.45, 2.75) is 20.0 Å². The van der Waals surface area contributed by atoms with Gasteiger partial charge in [-0.05, 0) is 12.5 Å². The normalized spacial score (nSPS) is 10.3. The van der Waals surface area contributed by atoms with Crippen molar-refractivity contribution in [3.8, 4) is 5.88 Å². The third-order valence-corrected chi connectivity index (χ3v) is 1.43. The molecule has 0 fully saturated rings. The van der Waals surface area contributed by atoms with E-state index in [-0.39, 0.29) is 5.88 Å². The first kappa shape index (κ1) is 8.90. The Morgan fingerprint density at radius 3 is 2.92 bits per heavy atom. The molecule has 66 valence electrons. The van der Waals surface area contributed by atoms with Gasteiger partial charge in [-0.2, -0.15) is 8.78 Å². The second kappa shape index (κ2) is 3.99. The van der Waals surface area contributed by atoms with Crippen LogP contribution in [0.15, 0.2) is 18.3 Å². The number of hydrogen-bond acceptors (Lipinski definition) is 2. The summed E-state index contributed by atoms with van der Waals surface area (Å²) < 4.78 is 27.7. The summed E-state index contributed by atoms with van der Waals surface area (Å²) in [4.78, 5) is 3.69. The highest BCUT2D eigenvalue weighted by Gasteiger charge is 2.08. The van der Waals surface area contributed by atoms with Gasteiger partial charge in [-0.15, -0.1) is 0 Å². The van der Waals surface area contributed by atoms with E-state index in [2.05, 4.69) is 9.72 Å². The predicted molar refractivity (Wildman–Crippen MR) is 40.2 cm³/mol. The number of alkyl halides is 2. The van der Waals surface area contributed by atoms with E-state index in [0.717, 1.165) is 0 Å². The Kier molecular flexibility index (Phi) is 2.96. The number of hydrogen-bond donors (Lipinski definition) is 0. The van der Waals surface area contributed by atoms with Crippen LogP contribution in [0.2, 0.25) is 0 Å². The Morgan fingerprint density at radius 2 is 2.33 bits per heavy atom. The minimum atomic E-state index is -2.80. The predicted octanol–water partition coefficient (Wildman–Crippen LogP) is 2.25. The summed E-state index contributed by atoms with van der Waals surface area (Å²) in [6.45, 7) is -0.944. The number of rotatable bonds is 3. The van der Waals surface area contributed by atoms with Crippen LogP contribution in [0.5, 0.6) is 5.88 Å². The van der Waals surface area contributed by atoms with Gasteiger partial charge in [0, 0.05) is 11.8 Å². The highest BCUT2D eigenvalue weighted by molar-refractivity contribution is 5.24. The Labute approximate surface area is 69.2 Å². The van der Waals surface area contributed by atoms with Gasteiger partial charge in [0.15, 0.2) is 0 Å². The van der Waals surface area contributed by atoms with E-state index < -0.39 is 6.61 Å². The minimum absolute atomic E-state index is 0.0231. The first-order valence-corrected chi connectivity index (χ1v) is 3.62. The molecule has 0 saturated heterocycles. The van der Waals surface area contributed by atoms with Crippen molar-refractivity contribution >= 4 is 0 Å². The van der Waals surface area contributed by atoms with Gasteiger partial charge in [0.05, 0.1) is 0 Å². The molecule has 1 aromatic heterocycles. The fourth-order valence-electron chi connectivity index (χ4n) is 0.884. The Morgan fingerprint density at radius 1 is 1.58 bits per heavy atom. The van der Waals surface area contributed by atoms with Gasteiger partial charge in [-0.1, -0.05) is 13.0 Å². The summed E-state index contributed by atoms with van der Waals surface area (Å²) in [7, 11) is 0. The van der Waals surface area contributed by atoms with E-state index in [0.29, 0.717) is 12.0 Å². The lowest BCUT2D eigenvalue weighted by Crippen LogP contribution is -2.05. The second-order valence-electron chi connectivity index (χ2n) is 2.20. The van der Waals surface area contributed by atoms with Crippen LogP contribution in [-0.4, -0.2) is 11.6 Å². The molecule has 0 aliphatic carbocycles. The van der Waals surface area contributed by atoms with Crippen molar-refractivity contribution in [2.24, 2.45) is 0 Å². The molecule has 0 spiro atoms. The van der Waals surface area contributed by atoms with Crippen molar-refractivity contribution in [2.75, 3.05) is 0 Å². The highest BCUT2D eigenvalue weighted by atomic mass is 19.3.